The molecule has 0 saturated carbocycles. The van der Waals surface area contributed by atoms with Crippen molar-refractivity contribution in [3.8, 4) is 11.5 Å². The molecular formula is C35H52N2O3S. The standard InChI is InChI=1S/C35H52N2O3S/c1-5-6-7-8-9-10-11-12-13-14-15-16-22-40-35-24-32(20-21-34(35)39-4)27-37(30(3)38)33-19-17-18-31(23-33)26-36-25-29(2)41-28-36/h17-21,23-25H,5-16,22,26-28H2,1-4H3. The number of benzene rings is 2. The van der Waals surface area contributed by atoms with Gasteiger partial charge in [0.15, 0.2) is 11.5 Å². The molecule has 1 heterocycles. The Morgan fingerprint density at radius 3 is 2.17 bits per heavy atom. The number of nitrogens with zero attached hydrogens (tertiary/aromatic N) is 2. The molecule has 0 aliphatic carbocycles. The lowest BCUT2D eigenvalue weighted by atomic mass is 10.1. The van der Waals surface area contributed by atoms with E-state index in [4.69, 9.17) is 9.47 Å². The van der Waals surface area contributed by atoms with Crippen LogP contribution in [0.4, 0.5) is 5.69 Å². The maximum atomic E-state index is 12.7. The number of rotatable bonds is 20. The minimum Gasteiger partial charge on any atom is -0.493 e. The Balaban J connectivity index is 1.46. The first kappa shape index (κ1) is 32.9. The number of allylic oxidation sites excluding steroid dienone is 1. The molecular weight excluding hydrogens is 528 g/mol. The molecule has 0 N–H and O–H groups in total. The largest absolute Gasteiger partial charge is 0.493 e. The number of thioether (sulfide) groups is 1. The summed E-state index contributed by atoms with van der Waals surface area (Å²) in [6.07, 6.45) is 18.1. The van der Waals surface area contributed by atoms with Gasteiger partial charge in [0.25, 0.3) is 0 Å². The number of ether oxygens (including phenoxy) is 2. The molecule has 1 amide bonds. The molecule has 226 valence electrons. The monoisotopic (exact) mass is 580 g/mol. The third-order valence-corrected chi connectivity index (χ3v) is 8.66. The lowest BCUT2D eigenvalue weighted by Gasteiger charge is -2.23. The predicted molar refractivity (Wildman–Crippen MR) is 175 cm³/mol. The molecule has 1 aliphatic rings. The van der Waals surface area contributed by atoms with Crippen molar-refractivity contribution >= 4 is 23.4 Å². The number of unbranched alkanes of at least 4 members (excludes halogenated alkanes) is 11. The quantitative estimate of drug-likeness (QED) is 0.146. The first-order valence-electron chi connectivity index (χ1n) is 15.7. The Morgan fingerprint density at radius 2 is 1.56 bits per heavy atom. The maximum absolute atomic E-state index is 12.7. The zero-order chi connectivity index (χ0) is 29.3. The second kappa shape index (κ2) is 18.8. The van der Waals surface area contributed by atoms with Crippen molar-refractivity contribution < 1.29 is 14.3 Å². The first-order valence-corrected chi connectivity index (χ1v) is 16.7. The summed E-state index contributed by atoms with van der Waals surface area (Å²) >= 11 is 1.86. The van der Waals surface area contributed by atoms with E-state index in [0.29, 0.717) is 13.2 Å². The molecule has 0 bridgehead atoms. The summed E-state index contributed by atoms with van der Waals surface area (Å²) in [7, 11) is 1.68. The van der Waals surface area contributed by atoms with Crippen LogP contribution in [-0.4, -0.2) is 30.4 Å². The topological polar surface area (TPSA) is 42.0 Å². The van der Waals surface area contributed by atoms with Gasteiger partial charge < -0.3 is 19.3 Å². The van der Waals surface area contributed by atoms with Crippen LogP contribution in [0.15, 0.2) is 53.6 Å². The van der Waals surface area contributed by atoms with Crippen LogP contribution in [0.2, 0.25) is 0 Å². The Morgan fingerprint density at radius 1 is 0.878 bits per heavy atom. The van der Waals surface area contributed by atoms with Crippen molar-refractivity contribution in [3.05, 3.63) is 64.7 Å². The van der Waals surface area contributed by atoms with Crippen LogP contribution >= 0.6 is 11.8 Å². The smallest absolute Gasteiger partial charge is 0.224 e. The summed E-state index contributed by atoms with van der Waals surface area (Å²) in [6.45, 7) is 8.05. The zero-order valence-electron chi connectivity index (χ0n) is 26.0. The van der Waals surface area contributed by atoms with Crippen LogP contribution in [-0.2, 0) is 17.9 Å². The highest BCUT2D eigenvalue weighted by molar-refractivity contribution is 8.03. The summed E-state index contributed by atoms with van der Waals surface area (Å²) in [6, 6.07) is 14.3. The molecule has 0 saturated heterocycles. The summed E-state index contributed by atoms with van der Waals surface area (Å²) in [4.78, 5) is 18.2. The van der Waals surface area contributed by atoms with E-state index >= 15 is 0 Å². The summed E-state index contributed by atoms with van der Waals surface area (Å²) in [5.41, 5.74) is 3.13. The summed E-state index contributed by atoms with van der Waals surface area (Å²) < 4.78 is 11.7. The highest BCUT2D eigenvalue weighted by Crippen LogP contribution is 2.31. The molecule has 2 aromatic carbocycles. The lowest BCUT2D eigenvalue weighted by molar-refractivity contribution is -0.116. The Kier molecular flexibility index (Phi) is 15.1. The lowest BCUT2D eigenvalue weighted by Crippen LogP contribution is -2.28. The molecule has 0 unspecified atom stereocenters. The molecule has 0 radical (unpaired) electrons. The fraction of sp³-hybridized carbons (Fsp3) is 0.571. The number of amides is 1. The molecule has 5 nitrogen and oxygen atoms in total. The number of hydrogen-bond acceptors (Lipinski definition) is 5. The van der Waals surface area contributed by atoms with Crippen LogP contribution in [0.3, 0.4) is 0 Å². The second-order valence-electron chi connectivity index (χ2n) is 11.3. The van der Waals surface area contributed by atoms with Crippen LogP contribution in [0.5, 0.6) is 11.5 Å². The van der Waals surface area contributed by atoms with Gasteiger partial charge in [-0.25, -0.2) is 0 Å². The molecule has 6 heteroatoms. The number of methoxy groups -OCH3 is 1. The normalized spacial score (nSPS) is 12.9. The number of anilines is 1. The highest BCUT2D eigenvalue weighted by atomic mass is 32.2. The van der Waals surface area contributed by atoms with Gasteiger partial charge in [-0.3, -0.25) is 4.79 Å². The minimum atomic E-state index is 0.0180. The number of hydrogen-bond donors (Lipinski definition) is 0. The van der Waals surface area contributed by atoms with E-state index in [9.17, 15) is 4.79 Å². The van der Waals surface area contributed by atoms with Crippen molar-refractivity contribution in [2.75, 3.05) is 24.5 Å². The summed E-state index contributed by atoms with van der Waals surface area (Å²) in [5.74, 6) is 2.47. The Hall–Kier alpha value is -2.60. The van der Waals surface area contributed by atoms with Gasteiger partial charge in [-0.15, -0.1) is 11.8 Å². The van der Waals surface area contributed by atoms with Gasteiger partial charge in [-0.1, -0.05) is 95.8 Å². The van der Waals surface area contributed by atoms with E-state index in [2.05, 4.69) is 37.1 Å². The van der Waals surface area contributed by atoms with Crippen LogP contribution in [0.25, 0.3) is 0 Å². The first-order chi connectivity index (χ1) is 20.0. The summed E-state index contributed by atoms with van der Waals surface area (Å²) in [5, 5.41) is 0. The maximum Gasteiger partial charge on any atom is 0.224 e. The second-order valence-corrected chi connectivity index (χ2v) is 12.4. The SMILES string of the molecule is CCCCCCCCCCCCCCOc1cc(CN(C(C)=O)c2cccc(CN3C=C(C)SC3)c2)ccc1OC. The fourth-order valence-electron chi connectivity index (χ4n) is 5.29. The van der Waals surface area contributed by atoms with Crippen LogP contribution in [0, 0.1) is 0 Å². The molecule has 0 fully saturated rings. The molecule has 0 aromatic heterocycles. The fourth-order valence-corrected chi connectivity index (χ4v) is 6.05. The van der Waals surface area contributed by atoms with E-state index in [1.54, 1.807) is 14.0 Å². The molecule has 0 atom stereocenters. The molecule has 2 aromatic rings. The van der Waals surface area contributed by atoms with Crippen molar-refractivity contribution in [1.82, 2.24) is 4.90 Å². The number of carbonyl (C=O) groups is 1. The molecule has 0 spiro atoms. The van der Waals surface area contributed by atoms with Gasteiger partial charge in [0.05, 0.1) is 26.1 Å². The van der Waals surface area contributed by atoms with Gasteiger partial charge >= 0.3 is 0 Å². The van der Waals surface area contributed by atoms with E-state index in [1.807, 2.05) is 47.0 Å². The van der Waals surface area contributed by atoms with E-state index in [1.165, 1.54) is 81.1 Å². The van der Waals surface area contributed by atoms with Crippen molar-refractivity contribution in [1.29, 1.82) is 0 Å². The van der Waals surface area contributed by atoms with Crippen molar-refractivity contribution in [2.45, 2.75) is 111 Å². The van der Waals surface area contributed by atoms with E-state index in [-0.39, 0.29) is 5.91 Å². The van der Waals surface area contributed by atoms with Gasteiger partial charge in [0.2, 0.25) is 5.91 Å². The van der Waals surface area contributed by atoms with Gasteiger partial charge in [-0.2, -0.15) is 0 Å². The van der Waals surface area contributed by atoms with E-state index < -0.39 is 0 Å². The zero-order valence-corrected chi connectivity index (χ0v) is 26.8. The average molecular weight is 581 g/mol. The average Bonchev–Trinajstić information content (AvgIpc) is 3.38. The van der Waals surface area contributed by atoms with E-state index in [0.717, 1.165) is 41.6 Å². The van der Waals surface area contributed by atoms with Crippen molar-refractivity contribution in [2.24, 2.45) is 0 Å². The highest BCUT2D eigenvalue weighted by Gasteiger charge is 2.16. The van der Waals surface area contributed by atoms with Crippen LogP contribution in [0.1, 0.15) is 109 Å². The Bertz CT molecular complexity index is 1090. The van der Waals surface area contributed by atoms with Crippen LogP contribution < -0.4 is 14.4 Å². The van der Waals surface area contributed by atoms with Gasteiger partial charge in [-0.05, 0) is 53.6 Å². The minimum absolute atomic E-state index is 0.0180. The van der Waals surface area contributed by atoms with Gasteiger partial charge in [0, 0.05) is 25.4 Å². The molecule has 3 rings (SSSR count). The Labute approximate surface area is 253 Å². The predicted octanol–water partition coefficient (Wildman–Crippen LogP) is 9.70. The third kappa shape index (κ3) is 12.0. The third-order valence-electron chi connectivity index (χ3n) is 7.63. The molecule has 41 heavy (non-hydrogen) atoms. The van der Waals surface area contributed by atoms with Gasteiger partial charge in [0.1, 0.15) is 0 Å². The molecule has 1 aliphatic heterocycles. The number of carbonyl (C=O) groups excluding carboxylic acids is 1. The van der Waals surface area contributed by atoms with Crippen molar-refractivity contribution in [3.63, 3.8) is 0 Å².